The second-order valence-electron chi connectivity index (χ2n) is 4.88. The molecule has 2 amide bonds. The van der Waals surface area contributed by atoms with E-state index in [-0.39, 0.29) is 0 Å². The van der Waals surface area contributed by atoms with Crippen LogP contribution in [0.15, 0.2) is 0 Å². The molecule has 0 bridgehead atoms. The number of carboxylic acid groups (broad SMARTS) is 2. The van der Waals surface area contributed by atoms with Gasteiger partial charge in [-0.2, -0.15) is 0 Å². The Morgan fingerprint density at radius 2 is 1.90 bits per heavy atom. The van der Waals surface area contributed by atoms with E-state index in [1.807, 2.05) is 0 Å². The predicted octanol–water partition coefficient (Wildman–Crippen LogP) is -1.71. The van der Waals surface area contributed by atoms with E-state index in [0.29, 0.717) is 13.0 Å². The molecule has 21 heavy (non-hydrogen) atoms. The Morgan fingerprint density at radius 3 is 2.38 bits per heavy atom. The monoisotopic (exact) mass is 301 g/mol. The maximum absolute atomic E-state index is 11.9. The highest BCUT2D eigenvalue weighted by atomic mass is 16.4. The topological polar surface area (TPSA) is 145 Å². The standard InChI is InChI=1S/C12H19N3O6/c1-6(12(20)21)14-11(19)8(5-9(16)17)15-10(18)7-3-2-4-13-7/h6-8,13H,2-5H2,1H3,(H,14,19)(H,15,18)(H,16,17)(H,20,21). The molecular formula is C12H19N3O6. The second-order valence-corrected chi connectivity index (χ2v) is 4.88. The third-order valence-electron chi connectivity index (χ3n) is 3.12. The number of amides is 2. The van der Waals surface area contributed by atoms with E-state index < -0.39 is 48.3 Å². The molecule has 1 aliphatic rings. The summed E-state index contributed by atoms with van der Waals surface area (Å²) < 4.78 is 0. The lowest BCUT2D eigenvalue weighted by Gasteiger charge is -2.20. The minimum Gasteiger partial charge on any atom is -0.481 e. The van der Waals surface area contributed by atoms with E-state index in [1.165, 1.54) is 6.92 Å². The van der Waals surface area contributed by atoms with Gasteiger partial charge in [0.25, 0.3) is 0 Å². The highest BCUT2D eigenvalue weighted by Gasteiger charge is 2.30. The van der Waals surface area contributed by atoms with Crippen molar-refractivity contribution in [3.05, 3.63) is 0 Å². The van der Waals surface area contributed by atoms with E-state index in [4.69, 9.17) is 10.2 Å². The minimum absolute atomic E-state index is 0.453. The van der Waals surface area contributed by atoms with Gasteiger partial charge in [-0.25, -0.2) is 0 Å². The summed E-state index contributed by atoms with van der Waals surface area (Å²) in [4.78, 5) is 45.2. The average Bonchev–Trinajstić information content (AvgIpc) is 2.90. The van der Waals surface area contributed by atoms with Crippen LogP contribution in [0.4, 0.5) is 0 Å². The molecule has 9 heteroatoms. The first-order valence-electron chi connectivity index (χ1n) is 6.60. The Kier molecular flexibility index (Phi) is 6.10. The smallest absolute Gasteiger partial charge is 0.325 e. The van der Waals surface area contributed by atoms with Crippen LogP contribution in [0.5, 0.6) is 0 Å². The molecule has 1 rings (SSSR count). The molecule has 5 N–H and O–H groups in total. The number of carbonyl (C=O) groups excluding carboxylic acids is 2. The predicted molar refractivity (Wildman–Crippen MR) is 70.4 cm³/mol. The minimum atomic E-state index is -1.31. The Hall–Kier alpha value is -2.16. The average molecular weight is 301 g/mol. The summed E-state index contributed by atoms with van der Waals surface area (Å²) >= 11 is 0. The van der Waals surface area contributed by atoms with E-state index in [9.17, 15) is 19.2 Å². The number of carboxylic acids is 2. The molecule has 3 unspecified atom stereocenters. The zero-order valence-corrected chi connectivity index (χ0v) is 11.6. The van der Waals surface area contributed by atoms with Crippen LogP contribution in [-0.2, 0) is 19.2 Å². The molecular weight excluding hydrogens is 282 g/mol. The maximum Gasteiger partial charge on any atom is 0.325 e. The van der Waals surface area contributed by atoms with Gasteiger partial charge in [0.2, 0.25) is 11.8 Å². The fourth-order valence-corrected chi connectivity index (χ4v) is 1.94. The Morgan fingerprint density at radius 1 is 1.24 bits per heavy atom. The van der Waals surface area contributed by atoms with Crippen LogP contribution in [0.25, 0.3) is 0 Å². The van der Waals surface area contributed by atoms with Crippen LogP contribution in [0.1, 0.15) is 26.2 Å². The van der Waals surface area contributed by atoms with Crippen LogP contribution in [-0.4, -0.2) is 58.6 Å². The van der Waals surface area contributed by atoms with Gasteiger partial charge in [0.05, 0.1) is 12.5 Å². The van der Waals surface area contributed by atoms with E-state index in [1.54, 1.807) is 0 Å². The lowest BCUT2D eigenvalue weighted by molar-refractivity contribution is -0.143. The van der Waals surface area contributed by atoms with Gasteiger partial charge in [0, 0.05) is 0 Å². The van der Waals surface area contributed by atoms with Crippen molar-refractivity contribution in [2.24, 2.45) is 0 Å². The van der Waals surface area contributed by atoms with Gasteiger partial charge in [-0.05, 0) is 26.3 Å². The number of hydrogen-bond acceptors (Lipinski definition) is 5. The van der Waals surface area contributed by atoms with Crippen LogP contribution < -0.4 is 16.0 Å². The molecule has 1 heterocycles. The highest BCUT2D eigenvalue weighted by Crippen LogP contribution is 2.06. The largest absolute Gasteiger partial charge is 0.481 e. The molecule has 1 fully saturated rings. The van der Waals surface area contributed by atoms with E-state index in [2.05, 4.69) is 16.0 Å². The third-order valence-corrected chi connectivity index (χ3v) is 3.12. The van der Waals surface area contributed by atoms with Crippen molar-refractivity contribution in [3.63, 3.8) is 0 Å². The second kappa shape index (κ2) is 7.58. The van der Waals surface area contributed by atoms with Gasteiger partial charge >= 0.3 is 11.9 Å². The van der Waals surface area contributed by atoms with Crippen molar-refractivity contribution in [2.75, 3.05) is 6.54 Å². The first-order valence-corrected chi connectivity index (χ1v) is 6.60. The molecule has 0 saturated carbocycles. The molecule has 1 aliphatic heterocycles. The van der Waals surface area contributed by atoms with Gasteiger partial charge in [-0.1, -0.05) is 0 Å². The van der Waals surface area contributed by atoms with E-state index in [0.717, 1.165) is 6.42 Å². The fraction of sp³-hybridized carbons (Fsp3) is 0.667. The van der Waals surface area contributed by atoms with Crippen LogP contribution in [0, 0.1) is 0 Å². The molecule has 0 aliphatic carbocycles. The summed E-state index contributed by atoms with van der Waals surface area (Å²) in [7, 11) is 0. The van der Waals surface area contributed by atoms with Crippen molar-refractivity contribution in [1.82, 2.24) is 16.0 Å². The zero-order valence-electron chi connectivity index (χ0n) is 11.6. The Bertz CT molecular complexity index is 433. The number of nitrogens with one attached hydrogen (secondary N) is 3. The summed E-state index contributed by atoms with van der Waals surface area (Å²) in [6.07, 6.45) is 0.819. The van der Waals surface area contributed by atoms with Crippen LogP contribution in [0.2, 0.25) is 0 Å². The first kappa shape index (κ1) is 16.9. The third kappa shape index (κ3) is 5.38. The van der Waals surface area contributed by atoms with Crippen molar-refractivity contribution < 1.29 is 29.4 Å². The van der Waals surface area contributed by atoms with Gasteiger partial charge in [0.1, 0.15) is 12.1 Å². The number of carbonyl (C=O) groups is 4. The first-order chi connectivity index (χ1) is 9.81. The fourth-order valence-electron chi connectivity index (χ4n) is 1.94. The number of rotatable bonds is 7. The molecule has 0 aromatic carbocycles. The molecule has 0 aromatic rings. The van der Waals surface area contributed by atoms with Crippen molar-refractivity contribution in [3.8, 4) is 0 Å². The SMILES string of the molecule is CC(NC(=O)C(CC(=O)O)NC(=O)C1CCCN1)C(=O)O. The molecule has 3 atom stereocenters. The van der Waals surface area contributed by atoms with Crippen LogP contribution in [0.3, 0.4) is 0 Å². The molecule has 1 saturated heterocycles. The lowest BCUT2D eigenvalue weighted by atomic mass is 10.1. The summed E-state index contributed by atoms with van der Waals surface area (Å²) in [5.74, 6) is -3.81. The van der Waals surface area contributed by atoms with Gasteiger partial charge < -0.3 is 26.2 Å². The normalized spacial score (nSPS) is 20.3. The molecule has 0 radical (unpaired) electrons. The molecule has 0 spiro atoms. The van der Waals surface area contributed by atoms with Crippen LogP contribution >= 0.6 is 0 Å². The Labute approximate surface area is 121 Å². The quantitative estimate of drug-likeness (QED) is 0.376. The highest BCUT2D eigenvalue weighted by molar-refractivity contribution is 5.93. The van der Waals surface area contributed by atoms with Gasteiger partial charge in [0.15, 0.2) is 0 Å². The molecule has 0 aromatic heterocycles. The van der Waals surface area contributed by atoms with Gasteiger partial charge in [-0.3, -0.25) is 19.2 Å². The number of aliphatic carboxylic acids is 2. The number of hydrogen-bond donors (Lipinski definition) is 5. The summed E-state index contributed by atoms with van der Waals surface area (Å²) in [5.41, 5.74) is 0. The Balaban J connectivity index is 2.65. The summed E-state index contributed by atoms with van der Waals surface area (Å²) in [6, 6.07) is -2.93. The van der Waals surface area contributed by atoms with Gasteiger partial charge in [-0.15, -0.1) is 0 Å². The van der Waals surface area contributed by atoms with E-state index >= 15 is 0 Å². The zero-order chi connectivity index (χ0) is 16.0. The summed E-state index contributed by atoms with van der Waals surface area (Å²) in [6.45, 7) is 1.93. The lowest BCUT2D eigenvalue weighted by Crippen LogP contribution is -2.54. The maximum atomic E-state index is 11.9. The molecule has 9 nitrogen and oxygen atoms in total. The van der Waals surface area contributed by atoms with Crippen molar-refractivity contribution in [1.29, 1.82) is 0 Å². The van der Waals surface area contributed by atoms with Crippen molar-refractivity contribution in [2.45, 2.75) is 44.3 Å². The molecule has 118 valence electrons. The van der Waals surface area contributed by atoms with Crippen molar-refractivity contribution >= 4 is 23.8 Å². The summed E-state index contributed by atoms with van der Waals surface area (Å²) in [5, 5.41) is 24.9.